The first-order valence-electron chi connectivity index (χ1n) is 7.80. The first kappa shape index (κ1) is 16.3. The highest BCUT2D eigenvalue weighted by atomic mass is 32.2. The van der Waals surface area contributed by atoms with Crippen LogP contribution in [0, 0.1) is 13.8 Å². The van der Waals surface area contributed by atoms with Crippen LogP contribution in [0.5, 0.6) is 0 Å². The molecule has 1 aromatic carbocycles. The molecule has 0 aliphatic rings. The van der Waals surface area contributed by atoms with Crippen LogP contribution in [0.3, 0.4) is 0 Å². The first-order chi connectivity index (χ1) is 11.1. The lowest BCUT2D eigenvalue weighted by atomic mass is 10.0. The van der Waals surface area contributed by atoms with Gasteiger partial charge in [-0.05, 0) is 49.9 Å². The van der Waals surface area contributed by atoms with E-state index in [9.17, 15) is 0 Å². The predicted octanol–water partition coefficient (Wildman–Crippen LogP) is 5.69. The number of hydrogen-bond donors (Lipinski definition) is 0. The average molecular weight is 345 g/mol. The molecule has 3 aromatic rings. The Morgan fingerprint density at radius 1 is 1.13 bits per heavy atom. The summed E-state index contributed by atoms with van der Waals surface area (Å²) >= 11 is 3.55. The van der Waals surface area contributed by atoms with E-state index >= 15 is 0 Å². The van der Waals surface area contributed by atoms with E-state index in [1.807, 2.05) is 20.0 Å². The third-order valence-electron chi connectivity index (χ3n) is 3.75. The highest BCUT2D eigenvalue weighted by Crippen LogP contribution is 2.36. The lowest BCUT2D eigenvalue weighted by molar-refractivity contribution is 0.393. The van der Waals surface area contributed by atoms with Gasteiger partial charge in [-0.15, -0.1) is 11.3 Å². The summed E-state index contributed by atoms with van der Waals surface area (Å²) in [5, 5.41) is 5.27. The largest absolute Gasteiger partial charge is 0.361 e. The summed E-state index contributed by atoms with van der Waals surface area (Å²) < 4.78 is 6.57. The molecule has 0 bridgehead atoms. The third-order valence-corrected chi connectivity index (χ3v) is 5.96. The molecule has 23 heavy (non-hydrogen) atoms. The van der Waals surface area contributed by atoms with Crippen LogP contribution in [0.25, 0.3) is 11.1 Å². The van der Waals surface area contributed by atoms with Crippen molar-refractivity contribution in [3.8, 4) is 11.1 Å². The maximum absolute atomic E-state index is 5.33. The van der Waals surface area contributed by atoms with Gasteiger partial charge in [0.1, 0.15) is 5.76 Å². The van der Waals surface area contributed by atoms with E-state index in [0.717, 1.165) is 29.9 Å². The fraction of sp³-hybridized carbons (Fsp3) is 0.333. The van der Waals surface area contributed by atoms with Gasteiger partial charge in [0.2, 0.25) is 0 Å². The molecule has 0 aliphatic carbocycles. The Kier molecular flexibility index (Phi) is 4.87. The monoisotopic (exact) mass is 344 g/mol. The molecule has 0 unspecified atom stereocenters. The van der Waals surface area contributed by atoms with Gasteiger partial charge >= 0.3 is 0 Å². The minimum Gasteiger partial charge on any atom is -0.361 e. The smallest absolute Gasteiger partial charge is 0.141 e. The minimum atomic E-state index is 0.873. The van der Waals surface area contributed by atoms with Gasteiger partial charge < -0.3 is 4.52 Å². The van der Waals surface area contributed by atoms with Crippen molar-refractivity contribution in [2.45, 2.75) is 49.6 Å². The lowest BCUT2D eigenvalue weighted by Crippen LogP contribution is -1.87. The average Bonchev–Trinajstić information content (AvgIpc) is 3.13. The van der Waals surface area contributed by atoms with E-state index in [2.05, 4.69) is 42.2 Å². The summed E-state index contributed by atoms with van der Waals surface area (Å²) in [4.78, 5) is 5.69. The molecule has 0 N–H and O–H groups in total. The Bertz CT molecular complexity index is 801. The van der Waals surface area contributed by atoms with Crippen molar-refractivity contribution in [3.05, 3.63) is 46.4 Å². The molecule has 3 rings (SSSR count). The van der Waals surface area contributed by atoms with Gasteiger partial charge in [0.25, 0.3) is 0 Å². The predicted molar refractivity (Wildman–Crippen MR) is 96.4 cm³/mol. The van der Waals surface area contributed by atoms with Gasteiger partial charge in [-0.1, -0.05) is 36.8 Å². The van der Waals surface area contributed by atoms with Crippen molar-refractivity contribution >= 4 is 23.1 Å². The molecule has 0 radical (unpaired) electrons. The van der Waals surface area contributed by atoms with Crippen molar-refractivity contribution in [2.75, 3.05) is 0 Å². The molecule has 0 amide bonds. The summed E-state index contributed by atoms with van der Waals surface area (Å²) in [5.41, 5.74) is 4.56. The molecule has 2 aromatic heterocycles. The molecule has 0 fully saturated rings. The van der Waals surface area contributed by atoms with E-state index in [0.29, 0.717) is 0 Å². The molecule has 0 aliphatic heterocycles. The molecule has 2 heterocycles. The lowest BCUT2D eigenvalue weighted by Gasteiger charge is -2.08. The SMILES string of the molecule is CCc1cc(Sc2cnc(CC)s2)cc(-c2c(C)noc2C)c1. The molecule has 5 heteroatoms. The summed E-state index contributed by atoms with van der Waals surface area (Å²) in [5.74, 6) is 0.873. The second-order valence-electron chi connectivity index (χ2n) is 5.45. The molecular formula is C18H20N2OS2. The second kappa shape index (κ2) is 6.89. The Balaban J connectivity index is 1.99. The summed E-state index contributed by atoms with van der Waals surface area (Å²) in [6, 6.07) is 6.72. The van der Waals surface area contributed by atoms with Crippen LogP contribution in [0.4, 0.5) is 0 Å². The fourth-order valence-corrected chi connectivity index (χ4v) is 4.65. The van der Waals surface area contributed by atoms with E-state index in [4.69, 9.17) is 4.52 Å². The molecule has 120 valence electrons. The van der Waals surface area contributed by atoms with Crippen LogP contribution >= 0.6 is 23.1 Å². The quantitative estimate of drug-likeness (QED) is 0.596. The Morgan fingerprint density at radius 2 is 1.96 bits per heavy atom. The van der Waals surface area contributed by atoms with Crippen molar-refractivity contribution in [2.24, 2.45) is 0 Å². The van der Waals surface area contributed by atoms with Crippen molar-refractivity contribution < 1.29 is 4.52 Å². The van der Waals surface area contributed by atoms with Gasteiger partial charge in [0.05, 0.1) is 21.1 Å². The Labute approximate surface area is 145 Å². The zero-order valence-electron chi connectivity index (χ0n) is 13.8. The van der Waals surface area contributed by atoms with Crippen LogP contribution in [-0.2, 0) is 12.8 Å². The topological polar surface area (TPSA) is 38.9 Å². The highest BCUT2D eigenvalue weighted by Gasteiger charge is 2.14. The number of thiazole rings is 1. The molecular weight excluding hydrogens is 324 g/mol. The minimum absolute atomic E-state index is 0.873. The normalized spacial score (nSPS) is 11.1. The third kappa shape index (κ3) is 3.51. The Hall–Kier alpha value is -1.59. The maximum Gasteiger partial charge on any atom is 0.141 e. The Morgan fingerprint density at radius 3 is 2.57 bits per heavy atom. The van der Waals surface area contributed by atoms with Crippen LogP contribution in [-0.4, -0.2) is 10.1 Å². The van der Waals surface area contributed by atoms with Gasteiger partial charge in [-0.2, -0.15) is 0 Å². The highest BCUT2D eigenvalue weighted by molar-refractivity contribution is 8.01. The van der Waals surface area contributed by atoms with Crippen LogP contribution in [0.15, 0.2) is 38.0 Å². The van der Waals surface area contributed by atoms with Crippen LogP contribution < -0.4 is 0 Å². The van der Waals surface area contributed by atoms with Crippen molar-refractivity contribution in [1.82, 2.24) is 10.1 Å². The number of nitrogens with zero attached hydrogens (tertiary/aromatic N) is 2. The van der Waals surface area contributed by atoms with Crippen molar-refractivity contribution in [3.63, 3.8) is 0 Å². The zero-order valence-corrected chi connectivity index (χ0v) is 15.5. The number of hydrogen-bond acceptors (Lipinski definition) is 5. The fourth-order valence-electron chi connectivity index (χ4n) is 2.58. The summed E-state index contributed by atoms with van der Waals surface area (Å²) in [6.07, 6.45) is 3.97. The molecule has 0 spiro atoms. The second-order valence-corrected chi connectivity index (χ2v) is 7.94. The maximum atomic E-state index is 5.33. The van der Waals surface area contributed by atoms with Gasteiger partial charge in [-0.25, -0.2) is 4.98 Å². The summed E-state index contributed by atoms with van der Waals surface area (Å²) in [6.45, 7) is 8.29. The summed E-state index contributed by atoms with van der Waals surface area (Å²) in [7, 11) is 0. The van der Waals surface area contributed by atoms with E-state index in [-0.39, 0.29) is 0 Å². The van der Waals surface area contributed by atoms with E-state index in [1.54, 1.807) is 23.1 Å². The number of rotatable bonds is 5. The molecule has 0 atom stereocenters. The number of aromatic nitrogens is 2. The molecule has 3 nitrogen and oxygen atoms in total. The zero-order chi connectivity index (χ0) is 16.4. The van der Waals surface area contributed by atoms with E-state index < -0.39 is 0 Å². The van der Waals surface area contributed by atoms with Gasteiger partial charge in [0.15, 0.2) is 0 Å². The number of benzene rings is 1. The standard InChI is InChI=1S/C18H20N2OS2/c1-5-13-7-14(18-11(3)20-21-12(18)4)9-15(8-13)22-17-10-19-16(6-2)23-17/h7-10H,5-6H2,1-4H3. The van der Waals surface area contributed by atoms with Crippen LogP contribution in [0.1, 0.15) is 35.9 Å². The molecule has 0 saturated heterocycles. The van der Waals surface area contributed by atoms with Gasteiger partial charge in [0, 0.05) is 10.5 Å². The van der Waals surface area contributed by atoms with Crippen LogP contribution in [0.2, 0.25) is 0 Å². The van der Waals surface area contributed by atoms with Crippen molar-refractivity contribution in [1.29, 1.82) is 0 Å². The number of aryl methyl sites for hydroxylation is 4. The van der Waals surface area contributed by atoms with E-state index in [1.165, 1.54) is 25.2 Å². The molecule has 0 saturated carbocycles. The van der Waals surface area contributed by atoms with Gasteiger partial charge in [-0.3, -0.25) is 0 Å². The first-order valence-corrected chi connectivity index (χ1v) is 9.43.